The molecule has 31 heavy (non-hydrogen) atoms. The molecule has 0 radical (unpaired) electrons. The van der Waals surface area contributed by atoms with Crippen LogP contribution in [0.5, 0.6) is 11.5 Å². The maximum absolute atomic E-state index is 14.7. The zero-order valence-electron chi connectivity index (χ0n) is 17.3. The molecule has 0 amide bonds. The Balaban J connectivity index is 1.65. The van der Waals surface area contributed by atoms with Crippen molar-refractivity contribution < 1.29 is 42.4 Å². The van der Waals surface area contributed by atoms with Gasteiger partial charge in [0.1, 0.15) is 24.2 Å². The van der Waals surface area contributed by atoms with E-state index in [0.717, 1.165) is 0 Å². The number of ether oxygens (including phenoxy) is 6. The van der Waals surface area contributed by atoms with Gasteiger partial charge in [0.15, 0.2) is 18.6 Å². The number of esters is 2. The number of hydrogen-bond donors (Lipinski definition) is 0. The van der Waals surface area contributed by atoms with Crippen molar-refractivity contribution in [3.63, 3.8) is 0 Å². The molecule has 1 heterocycles. The highest BCUT2D eigenvalue weighted by Gasteiger charge is 2.48. The lowest BCUT2D eigenvalue weighted by molar-refractivity contribution is -0.142. The van der Waals surface area contributed by atoms with E-state index in [9.17, 15) is 14.0 Å². The first kappa shape index (κ1) is 22.5. The van der Waals surface area contributed by atoms with Crippen LogP contribution in [0.3, 0.4) is 0 Å². The van der Waals surface area contributed by atoms with E-state index in [2.05, 4.69) is 0 Å². The largest absolute Gasteiger partial charge is 0.497 e. The number of carbonyl (C=O) groups is 2. The van der Waals surface area contributed by atoms with Gasteiger partial charge in [0, 0.05) is 7.11 Å². The fourth-order valence-corrected chi connectivity index (χ4v) is 3.03. The number of halogens is 1. The lowest BCUT2D eigenvalue weighted by Crippen LogP contribution is -2.37. The third kappa shape index (κ3) is 5.31. The average molecular weight is 434 g/mol. The SMILES string of the molecule is COc1ccc(C(=O)OCC2OC(OC)[C@@H](F)[C@@H]2OC(=O)c2ccc(OC)cc2)cc1. The van der Waals surface area contributed by atoms with Crippen molar-refractivity contribution in [1.82, 2.24) is 0 Å². The molecule has 0 bridgehead atoms. The second-order valence-corrected chi connectivity index (χ2v) is 6.65. The van der Waals surface area contributed by atoms with Gasteiger partial charge in [0.2, 0.25) is 0 Å². The number of methoxy groups -OCH3 is 3. The Kier molecular flexibility index (Phi) is 7.43. The fraction of sp³-hybridized carbons (Fsp3) is 0.364. The van der Waals surface area contributed by atoms with Gasteiger partial charge in [-0.15, -0.1) is 0 Å². The molecule has 0 aromatic heterocycles. The summed E-state index contributed by atoms with van der Waals surface area (Å²) in [5.41, 5.74) is 0.494. The van der Waals surface area contributed by atoms with Gasteiger partial charge in [-0.1, -0.05) is 0 Å². The second kappa shape index (κ2) is 10.2. The summed E-state index contributed by atoms with van der Waals surface area (Å²) in [6, 6.07) is 12.5. The van der Waals surface area contributed by atoms with E-state index in [1.165, 1.54) is 45.6 Å². The van der Waals surface area contributed by atoms with Gasteiger partial charge in [-0.25, -0.2) is 14.0 Å². The van der Waals surface area contributed by atoms with Gasteiger partial charge in [0.25, 0.3) is 0 Å². The number of alkyl halides is 1. The van der Waals surface area contributed by atoms with Crippen LogP contribution in [0.4, 0.5) is 4.39 Å². The topological polar surface area (TPSA) is 89.5 Å². The van der Waals surface area contributed by atoms with Crippen LogP contribution in [0.1, 0.15) is 20.7 Å². The van der Waals surface area contributed by atoms with Crippen LogP contribution in [0.25, 0.3) is 0 Å². The Morgan fingerprint density at radius 2 is 1.39 bits per heavy atom. The van der Waals surface area contributed by atoms with Crippen LogP contribution in [0.2, 0.25) is 0 Å². The van der Waals surface area contributed by atoms with Crippen LogP contribution in [-0.4, -0.2) is 64.5 Å². The first-order valence-electron chi connectivity index (χ1n) is 9.45. The Labute approximate surface area is 178 Å². The van der Waals surface area contributed by atoms with Crippen LogP contribution in [0, 0.1) is 0 Å². The summed E-state index contributed by atoms with van der Waals surface area (Å²) in [6.07, 6.45) is -5.36. The van der Waals surface area contributed by atoms with E-state index in [-0.39, 0.29) is 17.7 Å². The summed E-state index contributed by atoms with van der Waals surface area (Å²) >= 11 is 0. The minimum atomic E-state index is -1.75. The molecule has 0 saturated carbocycles. The molecule has 4 atom stereocenters. The zero-order chi connectivity index (χ0) is 22.4. The molecule has 8 nitrogen and oxygen atoms in total. The highest BCUT2D eigenvalue weighted by atomic mass is 19.1. The molecule has 2 unspecified atom stereocenters. The predicted molar refractivity (Wildman–Crippen MR) is 106 cm³/mol. The molecule has 0 aliphatic carbocycles. The number of carbonyl (C=O) groups excluding carboxylic acids is 2. The lowest BCUT2D eigenvalue weighted by atomic mass is 10.1. The Morgan fingerprint density at radius 1 is 0.871 bits per heavy atom. The van der Waals surface area contributed by atoms with Gasteiger partial charge in [-0.05, 0) is 48.5 Å². The summed E-state index contributed by atoms with van der Waals surface area (Å²) < 4.78 is 45.8. The Hall–Kier alpha value is -3.17. The molecule has 1 fully saturated rings. The van der Waals surface area contributed by atoms with Crippen LogP contribution < -0.4 is 9.47 Å². The van der Waals surface area contributed by atoms with Gasteiger partial charge >= 0.3 is 11.9 Å². The third-order valence-corrected chi connectivity index (χ3v) is 4.75. The van der Waals surface area contributed by atoms with E-state index < -0.39 is 36.6 Å². The van der Waals surface area contributed by atoms with Crippen molar-refractivity contribution in [1.29, 1.82) is 0 Å². The summed E-state index contributed by atoms with van der Waals surface area (Å²) in [5.74, 6) is -0.235. The summed E-state index contributed by atoms with van der Waals surface area (Å²) in [4.78, 5) is 24.7. The monoisotopic (exact) mass is 434 g/mol. The number of hydrogen-bond acceptors (Lipinski definition) is 8. The standard InChI is InChI=1S/C22H23FO8/c1-26-15-8-4-13(5-9-15)20(24)29-12-17-19(18(23)22(28-3)30-17)31-21(25)14-6-10-16(27-2)11-7-14/h4-11,17-19,22H,12H2,1-3H3/t17?,18-,19+,22?/m0/s1. The quantitative estimate of drug-likeness (QED) is 0.586. The third-order valence-electron chi connectivity index (χ3n) is 4.75. The zero-order valence-corrected chi connectivity index (χ0v) is 17.3. The van der Waals surface area contributed by atoms with E-state index in [0.29, 0.717) is 11.5 Å². The van der Waals surface area contributed by atoms with Crippen LogP contribution in [-0.2, 0) is 18.9 Å². The lowest BCUT2D eigenvalue weighted by Gasteiger charge is -2.19. The van der Waals surface area contributed by atoms with Gasteiger partial charge in [0.05, 0.1) is 25.3 Å². The van der Waals surface area contributed by atoms with E-state index in [1.807, 2.05) is 0 Å². The minimum absolute atomic E-state index is 0.211. The number of benzene rings is 2. The van der Waals surface area contributed by atoms with E-state index in [4.69, 9.17) is 28.4 Å². The van der Waals surface area contributed by atoms with Crippen LogP contribution in [0.15, 0.2) is 48.5 Å². The van der Waals surface area contributed by atoms with Crippen molar-refractivity contribution in [2.24, 2.45) is 0 Å². The number of rotatable bonds is 8. The highest BCUT2D eigenvalue weighted by molar-refractivity contribution is 5.90. The van der Waals surface area contributed by atoms with Gasteiger partial charge in [-0.2, -0.15) is 0 Å². The summed E-state index contributed by atoms with van der Waals surface area (Å²) in [5, 5.41) is 0. The molecule has 3 rings (SSSR count). The highest BCUT2D eigenvalue weighted by Crippen LogP contribution is 2.29. The van der Waals surface area contributed by atoms with Crippen molar-refractivity contribution in [3.05, 3.63) is 59.7 Å². The van der Waals surface area contributed by atoms with Crippen molar-refractivity contribution in [2.75, 3.05) is 27.9 Å². The van der Waals surface area contributed by atoms with Crippen molar-refractivity contribution >= 4 is 11.9 Å². The van der Waals surface area contributed by atoms with Crippen LogP contribution >= 0.6 is 0 Å². The van der Waals surface area contributed by atoms with E-state index >= 15 is 0 Å². The molecule has 2 aromatic rings. The Morgan fingerprint density at radius 3 is 1.87 bits per heavy atom. The fourth-order valence-electron chi connectivity index (χ4n) is 3.03. The second-order valence-electron chi connectivity index (χ2n) is 6.65. The minimum Gasteiger partial charge on any atom is -0.497 e. The maximum atomic E-state index is 14.7. The first-order valence-corrected chi connectivity index (χ1v) is 9.45. The molecule has 1 aliphatic rings. The summed E-state index contributed by atoms with van der Waals surface area (Å²) in [7, 11) is 4.28. The normalized spacial score (nSPS) is 22.6. The van der Waals surface area contributed by atoms with Crippen molar-refractivity contribution in [3.8, 4) is 11.5 Å². The molecule has 0 spiro atoms. The predicted octanol–water partition coefficient (Wildman–Crippen LogP) is 2.80. The Bertz CT molecular complexity index is 883. The molecule has 166 valence electrons. The molecule has 0 N–H and O–H groups in total. The summed E-state index contributed by atoms with van der Waals surface area (Å²) in [6.45, 7) is -0.328. The smallest absolute Gasteiger partial charge is 0.338 e. The van der Waals surface area contributed by atoms with Crippen molar-refractivity contribution in [2.45, 2.75) is 24.7 Å². The molecule has 1 saturated heterocycles. The maximum Gasteiger partial charge on any atom is 0.338 e. The van der Waals surface area contributed by atoms with Gasteiger partial charge < -0.3 is 28.4 Å². The molecular weight excluding hydrogens is 411 g/mol. The average Bonchev–Trinajstić information content (AvgIpc) is 3.11. The molecule has 2 aromatic carbocycles. The molecule has 9 heteroatoms. The van der Waals surface area contributed by atoms with Gasteiger partial charge in [-0.3, -0.25) is 0 Å². The molecule has 1 aliphatic heterocycles. The first-order chi connectivity index (χ1) is 15.0. The van der Waals surface area contributed by atoms with E-state index in [1.54, 1.807) is 24.3 Å². The molecular formula is C22H23FO8.